The molecule has 5 heterocycles. The van der Waals surface area contributed by atoms with Gasteiger partial charge < -0.3 is 36.2 Å². The number of ketones is 1. The van der Waals surface area contributed by atoms with Crippen molar-refractivity contribution in [3.63, 3.8) is 0 Å². The minimum Gasteiger partial charge on any atom is -0.412 e. The van der Waals surface area contributed by atoms with E-state index < -0.39 is 15.7 Å². The number of likely N-dealkylation sites (N-methyl/N-ethyl adjacent to an activating group) is 2. The highest BCUT2D eigenvalue weighted by Crippen LogP contribution is 2.27. The van der Waals surface area contributed by atoms with Crippen LogP contribution in [-0.2, 0) is 4.79 Å². The summed E-state index contributed by atoms with van der Waals surface area (Å²) in [6.45, 7) is 10.2. The Kier molecular flexibility index (Phi) is 16.3. The van der Waals surface area contributed by atoms with Gasteiger partial charge in [-0.25, -0.2) is 4.98 Å². The Morgan fingerprint density at radius 3 is 1.79 bits per heavy atom. The van der Waals surface area contributed by atoms with Gasteiger partial charge in [0.15, 0.2) is 22.1 Å². The van der Waals surface area contributed by atoms with E-state index in [-0.39, 0.29) is 11.6 Å². The fraction of sp³-hybridized carbons (Fsp3) is 0.591. The van der Waals surface area contributed by atoms with E-state index in [1.165, 1.54) is 11.3 Å². The van der Waals surface area contributed by atoms with E-state index in [4.69, 9.17) is 0 Å². The number of imidazole rings is 1. The van der Waals surface area contributed by atoms with Crippen molar-refractivity contribution in [1.82, 2.24) is 46.3 Å². The largest absolute Gasteiger partial charge is 0.452 e. The Balaban J connectivity index is 0.000000334. The van der Waals surface area contributed by atoms with Gasteiger partial charge in [-0.05, 0) is 21.0 Å². The average molecular weight is 782 g/mol. The van der Waals surface area contributed by atoms with Crippen molar-refractivity contribution in [2.75, 3.05) is 76.3 Å². The van der Waals surface area contributed by atoms with Crippen LogP contribution in [0.25, 0.3) is 10.8 Å². The number of H-pyrrole nitrogens is 1. The third-order valence-electron chi connectivity index (χ3n) is 5.88. The molecule has 3 aromatic rings. The van der Waals surface area contributed by atoms with Gasteiger partial charge in [0.25, 0.3) is 5.78 Å². The minimum absolute atomic E-state index is 0. The number of halogens is 5. The average Bonchev–Trinajstić information content (AvgIpc) is 3.70. The van der Waals surface area contributed by atoms with E-state index >= 15 is 0 Å². The lowest BCUT2D eigenvalue weighted by atomic mass is 10.3. The van der Waals surface area contributed by atoms with Crippen LogP contribution in [0.1, 0.15) is 15.5 Å². The number of alkyl halides is 5. The van der Waals surface area contributed by atoms with Gasteiger partial charge in [0, 0.05) is 64.2 Å². The first-order valence-corrected chi connectivity index (χ1v) is 15.7. The van der Waals surface area contributed by atoms with E-state index in [1.54, 1.807) is 11.3 Å². The predicted octanol–water partition coefficient (Wildman–Crippen LogP) is 2.66. The second kappa shape index (κ2) is 18.0. The summed E-state index contributed by atoms with van der Waals surface area (Å²) in [5, 5.41) is 19.4. The van der Waals surface area contributed by atoms with Gasteiger partial charge in [0.05, 0.1) is 0 Å². The van der Waals surface area contributed by atoms with E-state index in [0.29, 0.717) is 5.01 Å². The van der Waals surface area contributed by atoms with Crippen molar-refractivity contribution in [3.8, 4) is 10.8 Å². The zero-order chi connectivity index (χ0) is 30.2. The molecule has 242 valence electrons. The van der Waals surface area contributed by atoms with Gasteiger partial charge in [-0.3, -0.25) is 9.59 Å². The van der Waals surface area contributed by atoms with Crippen LogP contribution in [0.3, 0.4) is 0 Å². The summed E-state index contributed by atoms with van der Waals surface area (Å²) in [5.74, 6) is -1.02. The molecule has 2 aliphatic rings. The maximum Gasteiger partial charge on any atom is 0.452 e. The number of hydrogen-bond donors (Lipinski definition) is 2. The lowest BCUT2D eigenvalue weighted by molar-refractivity contribution is -0.168. The Labute approximate surface area is 271 Å². The van der Waals surface area contributed by atoms with Crippen LogP contribution in [0.15, 0.2) is 6.20 Å². The molecule has 0 saturated carbocycles. The second-order valence-electron chi connectivity index (χ2n) is 9.09. The Hall–Kier alpha value is -2.14. The molecule has 5 rings (SSSR count). The van der Waals surface area contributed by atoms with Crippen LogP contribution in [-0.4, -0.2) is 134 Å². The zero-order valence-electron chi connectivity index (χ0n) is 23.6. The lowest BCUT2D eigenvalue weighted by Crippen LogP contribution is -2.44. The first-order valence-electron chi connectivity index (χ1n) is 12.3. The van der Waals surface area contributed by atoms with Crippen molar-refractivity contribution in [2.24, 2.45) is 0 Å². The molecule has 0 amide bonds. The van der Waals surface area contributed by atoms with E-state index in [1.807, 2.05) is 13.1 Å². The number of aldehydes is 1. The van der Waals surface area contributed by atoms with Gasteiger partial charge in [0.1, 0.15) is 3.74 Å². The summed E-state index contributed by atoms with van der Waals surface area (Å²) in [5.41, 5.74) is 1.04. The number of carbonyl (C=O) groups excluding carboxylic acids is 2. The van der Waals surface area contributed by atoms with Gasteiger partial charge in [0.2, 0.25) is 10.3 Å². The minimum atomic E-state index is -4.75. The molecular weight excluding hydrogens is 747 g/mol. The molecule has 0 aromatic carbocycles. The molecule has 0 atom stereocenters. The van der Waals surface area contributed by atoms with Crippen molar-refractivity contribution in [3.05, 3.63) is 16.9 Å². The van der Waals surface area contributed by atoms with E-state index in [0.717, 1.165) is 85.4 Å². The number of nitrogens with one attached hydrogen (secondary N) is 1. The molecule has 43 heavy (non-hydrogen) atoms. The maximum atomic E-state index is 11.3. The van der Waals surface area contributed by atoms with Crippen molar-refractivity contribution in [2.45, 2.75) is 16.8 Å². The second-order valence-corrected chi connectivity index (χ2v) is 14.1. The van der Waals surface area contributed by atoms with Gasteiger partial charge >= 0.3 is 6.18 Å². The number of hydrogen-bond acceptors (Lipinski definition) is 14. The number of piperazine rings is 2. The van der Waals surface area contributed by atoms with Gasteiger partial charge in [-0.2, -0.15) is 13.2 Å². The Bertz CT molecular complexity index is 1260. The van der Waals surface area contributed by atoms with Gasteiger partial charge in [-0.15, -0.1) is 20.4 Å². The van der Waals surface area contributed by atoms with Crippen LogP contribution in [0.4, 0.5) is 23.4 Å². The highest BCUT2D eigenvalue weighted by molar-refractivity contribution is 9.25. The van der Waals surface area contributed by atoms with Crippen LogP contribution < -0.4 is 16.0 Å². The Morgan fingerprint density at radius 1 is 0.930 bits per heavy atom. The number of nitrogens with zero attached hydrogens (tertiary/aromatic N) is 9. The monoisotopic (exact) mass is 779 g/mol. The first-order chi connectivity index (χ1) is 19.4. The number of carbonyl (C=O) groups is 2. The van der Waals surface area contributed by atoms with Gasteiger partial charge in [-0.1, -0.05) is 54.5 Å². The number of rotatable bonds is 5. The molecule has 0 bridgehead atoms. The van der Waals surface area contributed by atoms with Crippen molar-refractivity contribution >= 4 is 76.9 Å². The summed E-state index contributed by atoms with van der Waals surface area (Å²) >= 11 is 7.80. The molecule has 21 heteroatoms. The van der Waals surface area contributed by atoms with E-state index in [2.05, 4.69) is 95.9 Å². The fourth-order valence-corrected chi connectivity index (χ4v) is 5.56. The zero-order valence-corrected chi connectivity index (χ0v) is 28.4. The molecule has 2 fully saturated rings. The smallest absolute Gasteiger partial charge is 0.412 e. The van der Waals surface area contributed by atoms with Crippen molar-refractivity contribution in [1.29, 1.82) is 0 Å². The molecule has 0 aliphatic carbocycles. The topological polar surface area (TPSA) is 194 Å². The predicted molar refractivity (Wildman–Crippen MR) is 168 cm³/mol. The van der Waals surface area contributed by atoms with Crippen LogP contribution in [0.5, 0.6) is 0 Å². The summed E-state index contributed by atoms with van der Waals surface area (Å²) in [6.07, 6.45) is -2.19. The number of anilines is 2. The standard InChI is InChI=1S/C11H16N6S.C8H12N4OS.C3HBr2F3O.H3N.H2O/c1-8-7-12-9(13-8)10-14-15-11(18-10)17-5-3-16(2)4-6-17;1-11-2-4-12(5-3-11)8-10-9-7(6-13)14-8;4-2(5)1(9)3(6,7)8;;/h7H,3-6H2,1-2H3,(H,12,13);6H,2-5H2,1H3;2H;1H3;1H2. The number of aromatic nitrogens is 6. The molecule has 6 N–H and O–H groups in total. The highest BCUT2D eigenvalue weighted by atomic mass is 79.9. The fourth-order valence-electron chi connectivity index (χ4n) is 3.48. The SMILES string of the molecule is CN1CCN(c2nnc(C=O)s2)CC1.Cc1cnc(-c2nnc(N3CCN(C)CC3)s2)[nH]1.N.O.O=C(C(Br)Br)C(F)(F)F. The molecule has 0 unspecified atom stereocenters. The summed E-state index contributed by atoms with van der Waals surface area (Å²) in [6, 6.07) is 0. The summed E-state index contributed by atoms with van der Waals surface area (Å²) in [4.78, 5) is 36.9. The number of Topliss-reactive ketones (excluding diaryl/α,β-unsaturated/α-hetero) is 1. The highest BCUT2D eigenvalue weighted by Gasteiger charge is 2.41. The lowest BCUT2D eigenvalue weighted by Gasteiger charge is -2.31. The molecule has 2 saturated heterocycles. The summed E-state index contributed by atoms with van der Waals surface area (Å²) < 4.78 is 32.5. The summed E-state index contributed by atoms with van der Waals surface area (Å²) in [7, 11) is 4.25. The molecule has 0 radical (unpaired) electrons. The van der Waals surface area contributed by atoms with Crippen LogP contribution >= 0.6 is 54.5 Å². The van der Waals surface area contributed by atoms with Crippen LogP contribution in [0.2, 0.25) is 0 Å². The van der Waals surface area contributed by atoms with Crippen LogP contribution in [0, 0.1) is 6.92 Å². The Morgan fingerprint density at radius 2 is 1.42 bits per heavy atom. The third-order valence-corrected chi connectivity index (χ3v) is 8.61. The number of aromatic amines is 1. The normalized spacial score (nSPS) is 15.8. The molecule has 2 aliphatic heterocycles. The quantitative estimate of drug-likeness (QED) is 0.285. The maximum absolute atomic E-state index is 11.3. The molecular formula is C22H34Br2F3N11O3S2. The molecule has 3 aromatic heterocycles. The number of aryl methyl sites for hydroxylation is 1. The molecule has 14 nitrogen and oxygen atoms in total. The third kappa shape index (κ3) is 12.0. The molecule has 0 spiro atoms. The van der Waals surface area contributed by atoms with Crippen molar-refractivity contribution < 1.29 is 28.2 Å². The first kappa shape index (κ1) is 38.9. The van der Waals surface area contributed by atoms with E-state index in [9.17, 15) is 22.8 Å².